The number of ether oxygens (including phenoxy) is 1. The second-order valence-electron chi connectivity index (χ2n) is 4.04. The van der Waals surface area contributed by atoms with Crippen molar-refractivity contribution < 1.29 is 4.74 Å². The molecule has 0 spiro atoms. The minimum absolute atomic E-state index is 0.660. The third-order valence-corrected chi connectivity index (χ3v) is 3.20. The number of H-pyrrole nitrogens is 1. The Bertz CT molecular complexity index is 525. The minimum atomic E-state index is 0.660. The van der Waals surface area contributed by atoms with Gasteiger partial charge in [0.15, 0.2) is 0 Å². The number of rotatable bonds is 5. The summed E-state index contributed by atoms with van der Waals surface area (Å²) in [6.07, 6.45) is 1.83. The quantitative estimate of drug-likeness (QED) is 0.874. The van der Waals surface area contributed by atoms with Crippen LogP contribution in [0.4, 0.5) is 0 Å². The summed E-state index contributed by atoms with van der Waals surface area (Å²) < 4.78 is 5.29. The second-order valence-corrected chi connectivity index (χ2v) is 4.45. The first-order chi connectivity index (χ1) is 8.72. The van der Waals surface area contributed by atoms with Gasteiger partial charge < -0.3 is 10.1 Å². The zero-order valence-corrected chi connectivity index (χ0v) is 11.2. The molecule has 0 atom stereocenters. The Morgan fingerprint density at radius 1 is 1.39 bits per heavy atom. The fourth-order valence-corrected chi connectivity index (χ4v) is 2.01. The molecule has 1 aromatic carbocycles. The van der Waals surface area contributed by atoms with E-state index >= 15 is 0 Å². The molecule has 1 aromatic heterocycles. The van der Waals surface area contributed by atoms with Crippen LogP contribution in [0.15, 0.2) is 24.4 Å². The predicted octanol–water partition coefficient (Wildman–Crippen LogP) is 2.67. The number of halogens is 1. The lowest BCUT2D eigenvalue weighted by Crippen LogP contribution is -2.14. The maximum Gasteiger partial charge on any atom is 0.124 e. The number of benzene rings is 1. The third-order valence-electron chi connectivity index (χ3n) is 2.85. The van der Waals surface area contributed by atoms with Gasteiger partial charge in [-0.15, -0.1) is 0 Å². The second kappa shape index (κ2) is 5.89. The third kappa shape index (κ3) is 2.83. The first-order valence-electron chi connectivity index (χ1n) is 5.73. The molecule has 2 aromatic rings. The molecule has 0 saturated heterocycles. The molecule has 96 valence electrons. The SMILES string of the molecule is COc1cccc(Cl)c1CNCc1cn[nH]c1C. The average molecular weight is 266 g/mol. The van der Waals surface area contributed by atoms with Crippen LogP contribution in [0.3, 0.4) is 0 Å². The maximum atomic E-state index is 6.16. The van der Waals surface area contributed by atoms with Crippen molar-refractivity contribution in [3.8, 4) is 5.75 Å². The van der Waals surface area contributed by atoms with Gasteiger partial charge in [0, 0.05) is 34.9 Å². The van der Waals surface area contributed by atoms with Crippen LogP contribution in [0.25, 0.3) is 0 Å². The highest BCUT2D eigenvalue weighted by molar-refractivity contribution is 6.31. The lowest BCUT2D eigenvalue weighted by Gasteiger charge is -2.11. The highest BCUT2D eigenvalue weighted by Gasteiger charge is 2.07. The van der Waals surface area contributed by atoms with Crippen LogP contribution in [0.1, 0.15) is 16.8 Å². The number of nitrogens with one attached hydrogen (secondary N) is 2. The molecule has 0 aliphatic carbocycles. The molecule has 18 heavy (non-hydrogen) atoms. The molecular weight excluding hydrogens is 250 g/mol. The number of nitrogens with zero attached hydrogens (tertiary/aromatic N) is 1. The molecule has 2 N–H and O–H groups in total. The smallest absolute Gasteiger partial charge is 0.124 e. The fraction of sp³-hybridized carbons (Fsp3) is 0.308. The van der Waals surface area contributed by atoms with E-state index in [-0.39, 0.29) is 0 Å². The largest absolute Gasteiger partial charge is 0.496 e. The number of aryl methyl sites for hydroxylation is 1. The van der Waals surface area contributed by atoms with E-state index in [1.54, 1.807) is 7.11 Å². The van der Waals surface area contributed by atoms with Crippen molar-refractivity contribution in [3.63, 3.8) is 0 Å². The molecule has 0 fully saturated rings. The number of methoxy groups -OCH3 is 1. The van der Waals surface area contributed by atoms with E-state index in [1.165, 1.54) is 0 Å². The molecule has 0 aliphatic rings. The lowest BCUT2D eigenvalue weighted by atomic mass is 10.2. The zero-order chi connectivity index (χ0) is 13.0. The molecule has 2 rings (SSSR count). The van der Waals surface area contributed by atoms with Gasteiger partial charge in [-0.3, -0.25) is 5.10 Å². The van der Waals surface area contributed by atoms with E-state index in [1.807, 2.05) is 31.3 Å². The minimum Gasteiger partial charge on any atom is -0.496 e. The normalized spacial score (nSPS) is 10.6. The van der Waals surface area contributed by atoms with Crippen molar-refractivity contribution in [3.05, 3.63) is 46.2 Å². The topological polar surface area (TPSA) is 49.9 Å². The zero-order valence-electron chi connectivity index (χ0n) is 10.5. The lowest BCUT2D eigenvalue weighted by molar-refractivity contribution is 0.407. The van der Waals surface area contributed by atoms with Gasteiger partial charge >= 0.3 is 0 Å². The van der Waals surface area contributed by atoms with E-state index in [0.717, 1.165) is 29.1 Å². The van der Waals surface area contributed by atoms with Gasteiger partial charge in [0.05, 0.1) is 13.3 Å². The van der Waals surface area contributed by atoms with Crippen LogP contribution in [0.5, 0.6) is 5.75 Å². The Labute approximate surface area is 111 Å². The number of aromatic amines is 1. The molecule has 0 amide bonds. The van der Waals surface area contributed by atoms with E-state index in [4.69, 9.17) is 16.3 Å². The van der Waals surface area contributed by atoms with Crippen molar-refractivity contribution in [2.75, 3.05) is 7.11 Å². The van der Waals surface area contributed by atoms with Crippen LogP contribution in [0, 0.1) is 6.92 Å². The molecule has 0 bridgehead atoms. The van der Waals surface area contributed by atoms with Crippen molar-refractivity contribution in [1.82, 2.24) is 15.5 Å². The standard InChI is InChI=1S/C13H16ClN3O/c1-9-10(7-16-17-9)6-15-8-11-12(14)4-3-5-13(11)18-2/h3-5,7,15H,6,8H2,1-2H3,(H,16,17). The van der Waals surface area contributed by atoms with Crippen LogP contribution in [-0.4, -0.2) is 17.3 Å². The number of hydrogen-bond acceptors (Lipinski definition) is 3. The van der Waals surface area contributed by atoms with Gasteiger partial charge in [-0.05, 0) is 19.1 Å². The Balaban J connectivity index is 2.00. The predicted molar refractivity (Wildman–Crippen MR) is 71.9 cm³/mol. The molecule has 0 saturated carbocycles. The maximum absolute atomic E-state index is 6.16. The van der Waals surface area contributed by atoms with Gasteiger partial charge in [0.1, 0.15) is 5.75 Å². The van der Waals surface area contributed by atoms with Crippen LogP contribution in [0.2, 0.25) is 5.02 Å². The van der Waals surface area contributed by atoms with Crippen molar-refractivity contribution in [1.29, 1.82) is 0 Å². The molecule has 0 radical (unpaired) electrons. The summed E-state index contributed by atoms with van der Waals surface area (Å²) in [5.41, 5.74) is 3.21. The van der Waals surface area contributed by atoms with E-state index < -0.39 is 0 Å². The Kier molecular flexibility index (Phi) is 4.23. The highest BCUT2D eigenvalue weighted by Crippen LogP contribution is 2.25. The Morgan fingerprint density at radius 2 is 2.22 bits per heavy atom. The monoisotopic (exact) mass is 265 g/mol. The molecule has 4 nitrogen and oxygen atoms in total. The molecule has 0 unspecified atom stereocenters. The van der Waals surface area contributed by atoms with E-state index in [2.05, 4.69) is 15.5 Å². The molecule has 1 heterocycles. The van der Waals surface area contributed by atoms with Gasteiger partial charge in [0.2, 0.25) is 0 Å². The van der Waals surface area contributed by atoms with Gasteiger partial charge in [0.25, 0.3) is 0 Å². The van der Waals surface area contributed by atoms with Crippen molar-refractivity contribution in [2.45, 2.75) is 20.0 Å². The molecule has 5 heteroatoms. The summed E-state index contributed by atoms with van der Waals surface area (Å²) in [6.45, 7) is 3.41. The first-order valence-corrected chi connectivity index (χ1v) is 6.11. The van der Waals surface area contributed by atoms with Crippen molar-refractivity contribution in [2.24, 2.45) is 0 Å². The van der Waals surface area contributed by atoms with Crippen LogP contribution >= 0.6 is 11.6 Å². The van der Waals surface area contributed by atoms with E-state index in [9.17, 15) is 0 Å². The summed E-state index contributed by atoms with van der Waals surface area (Å²) >= 11 is 6.16. The summed E-state index contributed by atoms with van der Waals surface area (Å²) in [6, 6.07) is 5.65. The number of aromatic nitrogens is 2. The average Bonchev–Trinajstić information content (AvgIpc) is 2.77. The first kappa shape index (κ1) is 12.9. The summed E-state index contributed by atoms with van der Waals surface area (Å²) in [5, 5.41) is 10.9. The van der Waals surface area contributed by atoms with Crippen molar-refractivity contribution >= 4 is 11.6 Å². The fourth-order valence-electron chi connectivity index (χ4n) is 1.78. The van der Waals surface area contributed by atoms with E-state index in [0.29, 0.717) is 11.6 Å². The summed E-state index contributed by atoms with van der Waals surface area (Å²) in [7, 11) is 1.65. The molecular formula is C13H16ClN3O. The van der Waals surface area contributed by atoms with Gasteiger partial charge in [-0.1, -0.05) is 17.7 Å². The van der Waals surface area contributed by atoms with Gasteiger partial charge in [-0.25, -0.2) is 0 Å². The Hall–Kier alpha value is -1.52. The highest BCUT2D eigenvalue weighted by atomic mass is 35.5. The molecule has 0 aliphatic heterocycles. The van der Waals surface area contributed by atoms with Crippen LogP contribution in [-0.2, 0) is 13.1 Å². The van der Waals surface area contributed by atoms with Crippen LogP contribution < -0.4 is 10.1 Å². The number of hydrogen-bond donors (Lipinski definition) is 2. The summed E-state index contributed by atoms with van der Waals surface area (Å²) in [4.78, 5) is 0. The Morgan fingerprint density at radius 3 is 2.89 bits per heavy atom. The summed E-state index contributed by atoms with van der Waals surface area (Å²) in [5.74, 6) is 0.805. The van der Waals surface area contributed by atoms with Gasteiger partial charge in [-0.2, -0.15) is 5.10 Å².